The minimum atomic E-state index is -0.462. The first-order chi connectivity index (χ1) is 15.4. The maximum atomic E-state index is 12.1. The Morgan fingerprint density at radius 3 is 2.31 bits per heavy atom. The Morgan fingerprint density at radius 2 is 1.62 bits per heavy atom. The Labute approximate surface area is 185 Å². The van der Waals surface area contributed by atoms with E-state index in [1.807, 2.05) is 56.3 Å². The van der Waals surface area contributed by atoms with Crippen LogP contribution in [0.15, 0.2) is 54.6 Å². The summed E-state index contributed by atoms with van der Waals surface area (Å²) in [4.78, 5) is 33.9. The zero-order valence-corrected chi connectivity index (χ0v) is 17.9. The van der Waals surface area contributed by atoms with Gasteiger partial charge in [0.15, 0.2) is 0 Å². The summed E-state index contributed by atoms with van der Waals surface area (Å²) in [6, 6.07) is 17.1. The number of amides is 2. The first kappa shape index (κ1) is 21.1. The van der Waals surface area contributed by atoms with E-state index < -0.39 is 6.09 Å². The molecule has 0 unspecified atom stereocenters. The molecule has 0 radical (unpaired) electrons. The van der Waals surface area contributed by atoms with Crippen LogP contribution in [-0.2, 0) is 9.53 Å². The monoisotopic (exact) mass is 432 g/mol. The van der Waals surface area contributed by atoms with Crippen LogP contribution in [-0.4, -0.2) is 46.6 Å². The Hall–Kier alpha value is -4.14. The van der Waals surface area contributed by atoms with E-state index in [2.05, 4.69) is 25.9 Å². The first-order valence-corrected chi connectivity index (χ1v) is 10.2. The second kappa shape index (κ2) is 9.34. The maximum absolute atomic E-state index is 12.1. The number of nitrogens with zero attached hydrogens (tertiary/aromatic N) is 3. The molecule has 1 aliphatic rings. The summed E-state index contributed by atoms with van der Waals surface area (Å²) in [5.74, 6) is 0.875. The Kier molecular flexibility index (Phi) is 6.16. The summed E-state index contributed by atoms with van der Waals surface area (Å²) in [7, 11) is 0. The largest absolute Gasteiger partial charge is 0.448 e. The highest BCUT2D eigenvalue weighted by Crippen LogP contribution is 2.21. The van der Waals surface area contributed by atoms with E-state index >= 15 is 0 Å². The fraction of sp³-hybridized carbons (Fsp3) is 0.217. The van der Waals surface area contributed by atoms with E-state index in [-0.39, 0.29) is 12.5 Å². The van der Waals surface area contributed by atoms with Crippen molar-refractivity contribution in [2.75, 3.05) is 35.6 Å². The molecule has 32 heavy (non-hydrogen) atoms. The third-order valence-corrected chi connectivity index (χ3v) is 4.78. The molecule has 0 bridgehead atoms. The molecule has 2 heterocycles. The van der Waals surface area contributed by atoms with Crippen LogP contribution in [0.5, 0.6) is 0 Å². The van der Waals surface area contributed by atoms with Gasteiger partial charge in [-0.2, -0.15) is 4.98 Å². The topological polar surface area (TPSA) is 108 Å². The summed E-state index contributed by atoms with van der Waals surface area (Å²) in [6.07, 6.45) is -0.462. The number of carbonyl (C=O) groups excluding carboxylic acids is 2. The molecule has 4 rings (SSSR count). The molecule has 1 saturated heterocycles. The van der Waals surface area contributed by atoms with Crippen LogP contribution in [0.3, 0.4) is 0 Å². The molecular weight excluding hydrogens is 408 g/mol. The zero-order chi connectivity index (χ0) is 22.5. The standard InChI is InChI=1S/C23H24N6O3/c1-15-3-5-19(6-4-15)27-22-24-16(2)13-20(28-22)25-17-7-9-18(10-8-17)26-21(30)14-29-11-12-32-23(29)31/h3-10,13H,11-12,14H2,1-2H3,(H,26,30)(H2,24,25,27,28). The fourth-order valence-corrected chi connectivity index (χ4v) is 3.18. The lowest BCUT2D eigenvalue weighted by Gasteiger charge is -2.13. The smallest absolute Gasteiger partial charge is 0.410 e. The van der Waals surface area contributed by atoms with Crippen molar-refractivity contribution in [3.63, 3.8) is 0 Å². The Balaban J connectivity index is 1.37. The van der Waals surface area contributed by atoms with Crippen molar-refractivity contribution in [1.82, 2.24) is 14.9 Å². The molecule has 1 aromatic heterocycles. The highest BCUT2D eigenvalue weighted by molar-refractivity contribution is 5.94. The number of cyclic esters (lactones) is 1. The number of hydrogen-bond donors (Lipinski definition) is 3. The number of nitrogens with one attached hydrogen (secondary N) is 3. The number of hydrogen-bond acceptors (Lipinski definition) is 7. The van der Waals surface area contributed by atoms with Gasteiger partial charge in [0.05, 0.1) is 6.54 Å². The lowest BCUT2D eigenvalue weighted by molar-refractivity contribution is -0.116. The van der Waals surface area contributed by atoms with Gasteiger partial charge in [-0.1, -0.05) is 17.7 Å². The third-order valence-electron chi connectivity index (χ3n) is 4.78. The average Bonchev–Trinajstić information content (AvgIpc) is 3.15. The van der Waals surface area contributed by atoms with Gasteiger partial charge in [-0.15, -0.1) is 0 Å². The van der Waals surface area contributed by atoms with E-state index in [4.69, 9.17) is 4.74 Å². The molecule has 0 spiro atoms. The Bertz CT molecular complexity index is 1120. The van der Waals surface area contributed by atoms with Crippen molar-refractivity contribution in [3.8, 4) is 0 Å². The van der Waals surface area contributed by atoms with E-state index in [0.717, 1.165) is 17.1 Å². The van der Waals surface area contributed by atoms with E-state index in [0.29, 0.717) is 30.6 Å². The predicted molar refractivity (Wildman–Crippen MR) is 123 cm³/mol. The van der Waals surface area contributed by atoms with Crippen LogP contribution in [0.1, 0.15) is 11.3 Å². The van der Waals surface area contributed by atoms with Crippen molar-refractivity contribution in [2.45, 2.75) is 13.8 Å². The molecular formula is C23H24N6O3. The van der Waals surface area contributed by atoms with Gasteiger partial charge < -0.3 is 20.7 Å². The van der Waals surface area contributed by atoms with Gasteiger partial charge in [-0.25, -0.2) is 9.78 Å². The molecule has 2 amide bonds. The number of aryl methyl sites for hydroxylation is 2. The minimum Gasteiger partial charge on any atom is -0.448 e. The van der Waals surface area contributed by atoms with Crippen LogP contribution in [0.25, 0.3) is 0 Å². The SMILES string of the molecule is Cc1ccc(Nc2nc(C)cc(Nc3ccc(NC(=O)CN4CCOC4=O)cc3)n2)cc1. The van der Waals surface area contributed by atoms with Crippen LogP contribution in [0.4, 0.5) is 33.6 Å². The summed E-state index contributed by atoms with van der Waals surface area (Å²) in [6.45, 7) is 4.65. The minimum absolute atomic E-state index is 0.0319. The Morgan fingerprint density at radius 1 is 0.969 bits per heavy atom. The molecule has 164 valence electrons. The van der Waals surface area contributed by atoms with Crippen molar-refractivity contribution in [2.24, 2.45) is 0 Å². The molecule has 1 fully saturated rings. The zero-order valence-electron chi connectivity index (χ0n) is 17.9. The highest BCUT2D eigenvalue weighted by Gasteiger charge is 2.24. The van der Waals surface area contributed by atoms with Gasteiger partial charge in [-0.05, 0) is 50.2 Å². The number of carbonyl (C=O) groups is 2. The number of rotatable bonds is 7. The van der Waals surface area contributed by atoms with Gasteiger partial charge in [0, 0.05) is 28.8 Å². The molecule has 3 aromatic rings. The summed E-state index contributed by atoms with van der Waals surface area (Å²) < 4.78 is 4.83. The van der Waals surface area contributed by atoms with Crippen LogP contribution < -0.4 is 16.0 Å². The summed E-state index contributed by atoms with van der Waals surface area (Å²) in [5, 5.41) is 9.24. The lowest BCUT2D eigenvalue weighted by Crippen LogP contribution is -2.33. The van der Waals surface area contributed by atoms with E-state index in [9.17, 15) is 9.59 Å². The number of aromatic nitrogens is 2. The van der Waals surface area contributed by atoms with Crippen molar-refractivity contribution in [3.05, 3.63) is 65.9 Å². The molecule has 0 aliphatic carbocycles. The van der Waals surface area contributed by atoms with Gasteiger partial charge in [0.1, 0.15) is 19.0 Å². The second-order valence-corrected chi connectivity index (χ2v) is 7.50. The molecule has 2 aromatic carbocycles. The van der Waals surface area contributed by atoms with Crippen molar-refractivity contribution < 1.29 is 14.3 Å². The number of benzene rings is 2. The van der Waals surface area contributed by atoms with E-state index in [1.54, 1.807) is 12.1 Å². The predicted octanol–water partition coefficient (Wildman–Crippen LogP) is 3.97. The van der Waals surface area contributed by atoms with Crippen molar-refractivity contribution in [1.29, 1.82) is 0 Å². The van der Waals surface area contributed by atoms with Crippen LogP contribution >= 0.6 is 0 Å². The maximum Gasteiger partial charge on any atom is 0.410 e. The molecule has 1 aliphatic heterocycles. The molecule has 9 nitrogen and oxygen atoms in total. The first-order valence-electron chi connectivity index (χ1n) is 10.2. The lowest BCUT2D eigenvalue weighted by atomic mass is 10.2. The molecule has 0 atom stereocenters. The van der Waals surface area contributed by atoms with E-state index in [1.165, 1.54) is 10.5 Å². The van der Waals surface area contributed by atoms with Gasteiger partial charge >= 0.3 is 6.09 Å². The summed E-state index contributed by atoms with van der Waals surface area (Å²) in [5.41, 5.74) is 4.36. The number of ether oxygens (including phenoxy) is 1. The summed E-state index contributed by atoms with van der Waals surface area (Å²) >= 11 is 0. The van der Waals surface area contributed by atoms with Crippen LogP contribution in [0.2, 0.25) is 0 Å². The van der Waals surface area contributed by atoms with Crippen LogP contribution in [0, 0.1) is 13.8 Å². The van der Waals surface area contributed by atoms with Gasteiger partial charge in [0.2, 0.25) is 11.9 Å². The van der Waals surface area contributed by atoms with Gasteiger partial charge in [0.25, 0.3) is 0 Å². The average molecular weight is 432 g/mol. The van der Waals surface area contributed by atoms with Crippen molar-refractivity contribution >= 4 is 40.8 Å². The highest BCUT2D eigenvalue weighted by atomic mass is 16.6. The third kappa shape index (κ3) is 5.51. The quantitative estimate of drug-likeness (QED) is 0.518. The number of anilines is 5. The normalized spacial score (nSPS) is 12.9. The fourth-order valence-electron chi connectivity index (χ4n) is 3.18. The second-order valence-electron chi connectivity index (χ2n) is 7.50. The molecule has 0 saturated carbocycles. The van der Waals surface area contributed by atoms with Gasteiger partial charge in [-0.3, -0.25) is 9.69 Å². The molecule has 3 N–H and O–H groups in total. The molecule has 9 heteroatoms.